The molecule has 0 spiro atoms. The van der Waals surface area contributed by atoms with Crippen molar-refractivity contribution >= 4 is 9.03 Å². The molecule has 0 aliphatic rings. The van der Waals surface area contributed by atoms with Gasteiger partial charge < -0.3 is 9.05 Å². The summed E-state index contributed by atoms with van der Waals surface area (Å²) in [6.45, 7) is 5.37. The predicted molar refractivity (Wildman–Crippen MR) is 126 cm³/mol. The Labute approximate surface area is 177 Å². The second kappa shape index (κ2) is 19.7. The van der Waals surface area contributed by atoms with Crippen LogP contribution in [0.5, 0.6) is 5.75 Å². The van der Waals surface area contributed by atoms with E-state index in [0.717, 1.165) is 18.8 Å². The van der Waals surface area contributed by atoms with Crippen molar-refractivity contribution in [2.24, 2.45) is 0 Å². The molecule has 0 saturated carbocycles. The molecule has 0 heterocycles. The first-order valence-electron chi connectivity index (χ1n) is 12.0. The minimum Gasteiger partial charge on any atom is -0.450 e. The molecule has 1 unspecified atom stereocenters. The van der Waals surface area contributed by atoms with E-state index in [1.165, 1.54) is 102 Å². The van der Waals surface area contributed by atoms with Crippen LogP contribution in [0.2, 0.25) is 0 Å². The van der Waals surface area contributed by atoms with Crippen molar-refractivity contribution < 1.29 is 9.05 Å². The summed E-state index contributed by atoms with van der Waals surface area (Å²) >= 11 is 0. The molecule has 1 rings (SSSR count). The summed E-state index contributed by atoms with van der Waals surface area (Å²) in [5.74, 6) is 0.928. The Kier molecular flexibility index (Phi) is 17.9. The van der Waals surface area contributed by atoms with Crippen LogP contribution in [-0.4, -0.2) is 6.61 Å². The molecule has 1 aromatic rings. The molecule has 1 aromatic carbocycles. The fourth-order valence-corrected chi connectivity index (χ4v) is 3.96. The highest BCUT2D eigenvalue weighted by Crippen LogP contribution is 2.23. The molecule has 0 bridgehead atoms. The maximum absolute atomic E-state index is 5.72. The van der Waals surface area contributed by atoms with E-state index >= 15 is 0 Å². The van der Waals surface area contributed by atoms with Crippen LogP contribution in [0.3, 0.4) is 0 Å². The van der Waals surface area contributed by atoms with E-state index in [9.17, 15) is 0 Å². The molecule has 0 aliphatic carbocycles. The van der Waals surface area contributed by atoms with Crippen molar-refractivity contribution in [2.75, 3.05) is 6.61 Å². The topological polar surface area (TPSA) is 18.5 Å². The fraction of sp³-hybridized carbons (Fsp3) is 0.760. The molecule has 2 nitrogen and oxygen atoms in total. The van der Waals surface area contributed by atoms with Crippen molar-refractivity contribution in [1.82, 2.24) is 0 Å². The zero-order valence-electron chi connectivity index (χ0n) is 18.6. The van der Waals surface area contributed by atoms with Gasteiger partial charge >= 0.3 is 0 Å². The molecule has 0 aromatic heterocycles. The molecule has 0 aliphatic heterocycles. The predicted octanol–water partition coefficient (Wildman–Crippen LogP) is 9.02. The van der Waals surface area contributed by atoms with Gasteiger partial charge in [-0.05, 0) is 37.0 Å². The van der Waals surface area contributed by atoms with Gasteiger partial charge in [0.25, 0.3) is 0 Å². The Morgan fingerprint density at radius 3 is 1.68 bits per heavy atom. The Morgan fingerprint density at radius 2 is 1.11 bits per heavy atom. The zero-order chi connectivity index (χ0) is 20.1. The summed E-state index contributed by atoms with van der Waals surface area (Å²) < 4.78 is 11.4. The van der Waals surface area contributed by atoms with Crippen LogP contribution in [0.25, 0.3) is 0 Å². The highest BCUT2D eigenvalue weighted by Gasteiger charge is 1.98. The van der Waals surface area contributed by atoms with Crippen LogP contribution in [-0.2, 0) is 10.9 Å². The average Bonchev–Trinajstić information content (AvgIpc) is 2.72. The number of hydrogen-bond acceptors (Lipinski definition) is 2. The third kappa shape index (κ3) is 15.3. The summed E-state index contributed by atoms with van der Waals surface area (Å²) in [5, 5.41) is 0. The number of rotatable bonds is 20. The van der Waals surface area contributed by atoms with Gasteiger partial charge in [0, 0.05) is 0 Å². The van der Waals surface area contributed by atoms with Crippen molar-refractivity contribution in [3.05, 3.63) is 29.8 Å². The lowest BCUT2D eigenvalue weighted by Crippen LogP contribution is -1.90. The summed E-state index contributed by atoms with van der Waals surface area (Å²) in [4.78, 5) is 0. The molecule has 0 saturated heterocycles. The quantitative estimate of drug-likeness (QED) is 0.158. The van der Waals surface area contributed by atoms with Gasteiger partial charge in [0.2, 0.25) is 9.03 Å². The lowest BCUT2D eigenvalue weighted by Gasteiger charge is -2.07. The molecule has 0 N–H and O–H groups in total. The largest absolute Gasteiger partial charge is 0.450 e. The second-order valence-corrected chi connectivity index (χ2v) is 8.68. The van der Waals surface area contributed by atoms with Gasteiger partial charge in [0.1, 0.15) is 5.75 Å². The standard InChI is InChI=1S/C25H45O2P/c1-3-5-7-9-11-13-15-17-23-26-28-27-25-21-19-24(20-22-25)18-16-14-12-10-8-6-4-2/h19-22,28H,3-18,23H2,1-2H3. The normalized spacial score (nSPS) is 11.5. The van der Waals surface area contributed by atoms with E-state index in [1.54, 1.807) is 0 Å². The molecule has 28 heavy (non-hydrogen) atoms. The molecule has 0 radical (unpaired) electrons. The lowest BCUT2D eigenvalue weighted by molar-refractivity contribution is 0.316. The van der Waals surface area contributed by atoms with Gasteiger partial charge in [-0.1, -0.05) is 109 Å². The van der Waals surface area contributed by atoms with Gasteiger partial charge in [-0.2, -0.15) is 0 Å². The van der Waals surface area contributed by atoms with Gasteiger partial charge in [0.15, 0.2) is 0 Å². The number of unbranched alkanes of at least 4 members (excludes halogenated alkanes) is 13. The molecule has 162 valence electrons. The van der Waals surface area contributed by atoms with Crippen LogP contribution in [0, 0.1) is 0 Å². The summed E-state index contributed by atoms with van der Waals surface area (Å²) in [7, 11) is 0.119. The Balaban J connectivity index is 1.93. The van der Waals surface area contributed by atoms with Gasteiger partial charge in [-0.15, -0.1) is 0 Å². The van der Waals surface area contributed by atoms with Crippen molar-refractivity contribution in [3.8, 4) is 5.75 Å². The molecular formula is C25H45O2P. The van der Waals surface area contributed by atoms with Crippen LogP contribution in [0.15, 0.2) is 24.3 Å². The maximum Gasteiger partial charge on any atom is 0.215 e. The minimum atomic E-state index is 0.119. The van der Waals surface area contributed by atoms with Crippen LogP contribution in [0.1, 0.15) is 116 Å². The second-order valence-electron chi connectivity index (χ2n) is 8.02. The average molecular weight is 409 g/mol. The van der Waals surface area contributed by atoms with Gasteiger partial charge in [-0.3, -0.25) is 0 Å². The van der Waals surface area contributed by atoms with E-state index in [2.05, 4.69) is 38.1 Å². The number of aryl methyl sites for hydroxylation is 1. The fourth-order valence-electron chi connectivity index (χ4n) is 3.44. The Bertz CT molecular complexity index is 433. The first kappa shape index (κ1) is 25.4. The van der Waals surface area contributed by atoms with Crippen LogP contribution < -0.4 is 4.52 Å². The Hall–Kier alpha value is -0.590. The van der Waals surface area contributed by atoms with Crippen molar-refractivity contribution in [3.63, 3.8) is 0 Å². The monoisotopic (exact) mass is 408 g/mol. The molecule has 0 fully saturated rings. The molecule has 0 amide bonds. The molecule has 3 heteroatoms. The lowest BCUT2D eigenvalue weighted by atomic mass is 10.0. The SMILES string of the molecule is CCCCCCCCCCOPOc1ccc(CCCCCCCCC)cc1. The van der Waals surface area contributed by atoms with Crippen LogP contribution >= 0.6 is 9.03 Å². The van der Waals surface area contributed by atoms with E-state index in [-0.39, 0.29) is 9.03 Å². The Morgan fingerprint density at radius 1 is 0.607 bits per heavy atom. The van der Waals surface area contributed by atoms with E-state index < -0.39 is 0 Å². The minimum absolute atomic E-state index is 0.119. The van der Waals surface area contributed by atoms with Crippen molar-refractivity contribution in [1.29, 1.82) is 0 Å². The zero-order valence-corrected chi connectivity index (χ0v) is 19.6. The van der Waals surface area contributed by atoms with E-state index in [4.69, 9.17) is 9.05 Å². The summed E-state index contributed by atoms with van der Waals surface area (Å²) in [6, 6.07) is 8.58. The first-order chi connectivity index (χ1) is 13.9. The summed E-state index contributed by atoms with van der Waals surface area (Å²) in [6.07, 6.45) is 21.4. The molecular weight excluding hydrogens is 363 g/mol. The highest BCUT2D eigenvalue weighted by atomic mass is 31.1. The van der Waals surface area contributed by atoms with E-state index in [1.807, 2.05) is 0 Å². The highest BCUT2D eigenvalue weighted by molar-refractivity contribution is 7.26. The molecule has 1 atom stereocenters. The van der Waals surface area contributed by atoms with Crippen molar-refractivity contribution in [2.45, 2.75) is 117 Å². The third-order valence-corrected chi connectivity index (χ3v) is 5.95. The number of benzene rings is 1. The van der Waals surface area contributed by atoms with Gasteiger partial charge in [-0.25, -0.2) is 0 Å². The third-order valence-electron chi connectivity index (χ3n) is 5.31. The smallest absolute Gasteiger partial charge is 0.215 e. The van der Waals surface area contributed by atoms with Gasteiger partial charge in [0.05, 0.1) is 6.61 Å². The van der Waals surface area contributed by atoms with E-state index in [0.29, 0.717) is 0 Å². The maximum atomic E-state index is 5.72. The first-order valence-corrected chi connectivity index (χ1v) is 12.8. The van der Waals surface area contributed by atoms with Crippen LogP contribution in [0.4, 0.5) is 0 Å². The number of hydrogen-bond donors (Lipinski definition) is 0. The summed E-state index contributed by atoms with van der Waals surface area (Å²) in [5.41, 5.74) is 1.42.